The average Bonchev–Trinajstić information content (AvgIpc) is 2.71. The van der Waals surface area contributed by atoms with Crippen molar-refractivity contribution in [3.8, 4) is 0 Å². The Morgan fingerprint density at radius 2 is 1.35 bits per heavy atom. The van der Waals surface area contributed by atoms with Crippen molar-refractivity contribution in [1.82, 2.24) is 0 Å². The molecule has 0 nitrogen and oxygen atoms in total. The van der Waals surface area contributed by atoms with Gasteiger partial charge < -0.3 is 0 Å². The Labute approximate surface area is 95.9 Å². The topological polar surface area (TPSA) is 0 Å². The summed E-state index contributed by atoms with van der Waals surface area (Å²) in [5, 5.41) is 0. The molecule has 0 saturated carbocycles. The molecule has 6 heteroatoms. The van der Waals surface area contributed by atoms with E-state index in [4.69, 9.17) is 0 Å². The van der Waals surface area contributed by atoms with Crippen LogP contribution in [0.2, 0.25) is 12.6 Å². The molecule has 93 valence electrons. The van der Waals surface area contributed by atoms with Gasteiger partial charge in [0.1, 0.15) is 11.6 Å². The summed E-state index contributed by atoms with van der Waals surface area (Å²) in [4.78, 5) is 0. The highest BCUT2D eigenvalue weighted by Crippen LogP contribution is 2.28. The third-order valence-corrected chi connectivity index (χ3v) is 3.35. The van der Waals surface area contributed by atoms with Crippen LogP contribution in [-0.4, -0.2) is 6.71 Å². The fourth-order valence-electron chi connectivity index (χ4n) is 2.45. The third kappa shape index (κ3) is 1.94. The van der Waals surface area contributed by atoms with Crippen molar-refractivity contribution < 1.29 is 22.0 Å². The summed E-state index contributed by atoms with van der Waals surface area (Å²) in [7, 11) is 0. The van der Waals surface area contributed by atoms with Gasteiger partial charge in [-0.15, -0.1) is 0 Å². The first kappa shape index (κ1) is 12.4. The maximum absolute atomic E-state index is 13.5. The summed E-state index contributed by atoms with van der Waals surface area (Å²) in [5.74, 6) is -8.90. The summed E-state index contributed by atoms with van der Waals surface area (Å²) in [6.45, 7) is 1.32. The maximum atomic E-state index is 13.5. The zero-order valence-corrected chi connectivity index (χ0v) is 9.17. The standard InChI is InChI=1S/C11H10BF5/c1-5-2-3-12(4-5)6-7(13)9(15)11(17)10(16)8(6)14/h5H,2-4H2,1H3/q-1. The quantitative estimate of drug-likeness (QED) is 0.310. The molecule has 2 rings (SSSR count). The first-order valence-corrected chi connectivity index (χ1v) is 5.44. The van der Waals surface area contributed by atoms with Crippen LogP contribution in [0.3, 0.4) is 0 Å². The van der Waals surface area contributed by atoms with Gasteiger partial charge in [0.05, 0.1) is 0 Å². The highest BCUT2D eigenvalue weighted by molar-refractivity contribution is 6.74. The van der Waals surface area contributed by atoms with Crippen LogP contribution in [0.1, 0.15) is 13.3 Å². The second-order valence-corrected chi connectivity index (χ2v) is 4.60. The van der Waals surface area contributed by atoms with Gasteiger partial charge >= 0.3 is 0 Å². The lowest BCUT2D eigenvalue weighted by molar-refractivity contribution is 0.384. The highest BCUT2D eigenvalue weighted by Gasteiger charge is 2.26. The molecule has 0 N–H and O–H groups in total. The Kier molecular flexibility index (Phi) is 3.14. The normalized spacial score (nSPS) is 21.2. The van der Waals surface area contributed by atoms with E-state index in [1.165, 1.54) is 0 Å². The number of rotatable bonds is 1. The Morgan fingerprint density at radius 1 is 0.882 bits per heavy atom. The van der Waals surface area contributed by atoms with Crippen molar-refractivity contribution in [1.29, 1.82) is 0 Å². The smallest absolute Gasteiger partial charge is 0.200 e. The molecule has 17 heavy (non-hydrogen) atoms. The highest BCUT2D eigenvalue weighted by atomic mass is 19.2. The molecule has 1 fully saturated rings. The van der Waals surface area contributed by atoms with E-state index in [-0.39, 0.29) is 5.92 Å². The van der Waals surface area contributed by atoms with Gasteiger partial charge in [-0.25, -0.2) is 34.6 Å². The molecule has 1 unspecified atom stereocenters. The van der Waals surface area contributed by atoms with Gasteiger partial charge in [-0.05, 0) is 0 Å². The van der Waals surface area contributed by atoms with E-state index in [9.17, 15) is 22.0 Å². The number of benzene rings is 1. The molecule has 0 aromatic heterocycles. The zero-order chi connectivity index (χ0) is 12.7. The van der Waals surface area contributed by atoms with Gasteiger partial charge in [0.15, 0.2) is 17.5 Å². The minimum Gasteiger partial charge on any atom is -0.207 e. The largest absolute Gasteiger partial charge is 0.207 e. The molecule has 1 aliphatic rings. The Bertz CT molecular complexity index is 431. The summed E-state index contributed by atoms with van der Waals surface area (Å²) in [5.41, 5.74) is -0.647. The SMILES string of the molecule is CC1CC[B-](c2c(F)c(F)c(F)c(F)c2F)C1. The van der Waals surface area contributed by atoms with E-state index in [0.717, 1.165) is 6.42 Å². The fourth-order valence-corrected chi connectivity index (χ4v) is 2.45. The maximum Gasteiger partial charge on any atom is 0.200 e. The van der Waals surface area contributed by atoms with Crippen LogP contribution in [0.5, 0.6) is 0 Å². The summed E-state index contributed by atoms with van der Waals surface area (Å²) >= 11 is 0. The van der Waals surface area contributed by atoms with E-state index in [0.29, 0.717) is 12.6 Å². The van der Waals surface area contributed by atoms with Crippen molar-refractivity contribution in [2.45, 2.75) is 26.0 Å². The molecule has 1 heterocycles. The van der Waals surface area contributed by atoms with E-state index in [1.807, 2.05) is 6.92 Å². The van der Waals surface area contributed by atoms with Crippen LogP contribution >= 0.6 is 0 Å². The van der Waals surface area contributed by atoms with Crippen LogP contribution in [-0.2, 0) is 0 Å². The van der Waals surface area contributed by atoms with Gasteiger partial charge in [0.2, 0.25) is 0 Å². The molecule has 1 aromatic rings. The first-order valence-electron chi connectivity index (χ1n) is 5.44. The predicted octanol–water partition coefficient (Wildman–Crippen LogP) is 3.12. The summed E-state index contributed by atoms with van der Waals surface area (Å²) in [6.07, 6.45) is 1.65. The molecule has 0 amide bonds. The molecule has 1 radical (unpaired) electrons. The second-order valence-electron chi connectivity index (χ2n) is 4.60. The van der Waals surface area contributed by atoms with E-state index in [1.54, 1.807) is 0 Å². The summed E-state index contributed by atoms with van der Waals surface area (Å²) < 4.78 is 65.7. The van der Waals surface area contributed by atoms with E-state index < -0.39 is 41.3 Å². The molecule has 1 aromatic carbocycles. The van der Waals surface area contributed by atoms with Gasteiger partial charge in [0.25, 0.3) is 0 Å². The lowest BCUT2D eigenvalue weighted by Crippen LogP contribution is -2.35. The summed E-state index contributed by atoms with van der Waals surface area (Å²) in [6, 6.07) is 0. The molecule has 0 aliphatic carbocycles. The molecule has 1 aliphatic heterocycles. The van der Waals surface area contributed by atoms with E-state index in [2.05, 4.69) is 0 Å². The van der Waals surface area contributed by atoms with Gasteiger partial charge in [-0.1, -0.05) is 26.0 Å². The first-order chi connectivity index (χ1) is 7.93. The minimum absolute atomic E-state index is 0.245. The number of hydrogen-bond donors (Lipinski definition) is 0. The average molecular weight is 248 g/mol. The molecule has 1 atom stereocenters. The van der Waals surface area contributed by atoms with Crippen molar-refractivity contribution in [2.24, 2.45) is 5.92 Å². The van der Waals surface area contributed by atoms with Crippen molar-refractivity contribution in [2.75, 3.05) is 0 Å². The monoisotopic (exact) mass is 248 g/mol. The number of hydrogen-bond acceptors (Lipinski definition) is 0. The molecular weight excluding hydrogens is 238 g/mol. The Balaban J connectivity index is 2.54. The van der Waals surface area contributed by atoms with Crippen molar-refractivity contribution in [3.05, 3.63) is 29.1 Å². The van der Waals surface area contributed by atoms with Gasteiger partial charge in [-0.2, -0.15) is 5.46 Å². The van der Waals surface area contributed by atoms with Crippen molar-refractivity contribution in [3.63, 3.8) is 0 Å². The van der Waals surface area contributed by atoms with Gasteiger partial charge in [0, 0.05) is 0 Å². The molecule has 0 spiro atoms. The molecule has 1 saturated heterocycles. The predicted molar refractivity (Wildman–Crippen MR) is 55.0 cm³/mol. The Hall–Kier alpha value is -1.07. The van der Waals surface area contributed by atoms with Gasteiger partial charge in [-0.3, -0.25) is 0 Å². The molecular formula is C11H10BF5-. The lowest BCUT2D eigenvalue weighted by atomic mass is 9.43. The lowest BCUT2D eigenvalue weighted by Gasteiger charge is -2.23. The fraction of sp³-hybridized carbons (Fsp3) is 0.455. The van der Waals surface area contributed by atoms with Crippen LogP contribution in [0, 0.1) is 35.0 Å². The molecule has 0 bridgehead atoms. The third-order valence-electron chi connectivity index (χ3n) is 3.35. The number of halogens is 5. The van der Waals surface area contributed by atoms with Crippen LogP contribution < -0.4 is 5.46 Å². The van der Waals surface area contributed by atoms with Crippen LogP contribution in [0.25, 0.3) is 0 Å². The van der Waals surface area contributed by atoms with E-state index >= 15 is 0 Å². The van der Waals surface area contributed by atoms with Crippen LogP contribution in [0.15, 0.2) is 0 Å². The zero-order valence-electron chi connectivity index (χ0n) is 9.17. The second kappa shape index (κ2) is 4.31. The van der Waals surface area contributed by atoms with Crippen molar-refractivity contribution >= 4 is 12.2 Å². The van der Waals surface area contributed by atoms with Crippen LogP contribution in [0.4, 0.5) is 22.0 Å². The Morgan fingerprint density at radius 3 is 1.76 bits per heavy atom. The minimum atomic E-state index is -2.09.